The number of hydrogen-bond acceptors (Lipinski definition) is 3. The molecule has 4 amide bonds. The number of nitrogens with zero attached hydrogens (tertiary/aromatic N) is 2. The number of carbonyl (C=O) groups is 3. The van der Waals surface area contributed by atoms with Crippen molar-refractivity contribution in [2.24, 2.45) is 17.8 Å². The SMILES string of the molecule is CC(C)C1CC(=O)N(CCCNC(=O)N2CC[C@H](C)C2)C1=O. The molecule has 0 radical (unpaired) electrons. The van der Waals surface area contributed by atoms with Crippen LogP contribution in [-0.4, -0.2) is 53.8 Å². The Morgan fingerprint density at radius 2 is 2.09 bits per heavy atom. The number of imide groups is 1. The van der Waals surface area contributed by atoms with Crippen LogP contribution in [0.5, 0.6) is 0 Å². The van der Waals surface area contributed by atoms with E-state index < -0.39 is 0 Å². The number of likely N-dealkylation sites (tertiary alicyclic amines) is 2. The Hall–Kier alpha value is -1.59. The topological polar surface area (TPSA) is 69.7 Å². The van der Waals surface area contributed by atoms with Crippen LogP contribution in [0.4, 0.5) is 4.79 Å². The van der Waals surface area contributed by atoms with Crippen LogP contribution in [0.3, 0.4) is 0 Å². The van der Waals surface area contributed by atoms with E-state index in [1.165, 1.54) is 4.90 Å². The Morgan fingerprint density at radius 3 is 2.64 bits per heavy atom. The number of nitrogens with one attached hydrogen (secondary N) is 1. The second kappa shape index (κ2) is 7.11. The molecule has 2 fully saturated rings. The molecule has 0 aromatic rings. The van der Waals surface area contributed by atoms with Crippen molar-refractivity contribution in [1.82, 2.24) is 15.1 Å². The molecule has 1 unspecified atom stereocenters. The van der Waals surface area contributed by atoms with Gasteiger partial charge in [-0.25, -0.2) is 4.79 Å². The maximum atomic E-state index is 12.1. The second-order valence-corrected chi connectivity index (χ2v) is 6.86. The van der Waals surface area contributed by atoms with Gasteiger partial charge in [-0.15, -0.1) is 0 Å². The standard InChI is InChI=1S/C16H27N3O3/c1-11(2)13-9-14(20)19(15(13)21)7-4-6-17-16(22)18-8-5-12(3)10-18/h11-13H,4-10H2,1-3H3,(H,17,22)/t12-,13?/m0/s1. The molecule has 2 heterocycles. The largest absolute Gasteiger partial charge is 0.338 e. The third-order valence-electron chi connectivity index (χ3n) is 4.63. The van der Waals surface area contributed by atoms with E-state index in [2.05, 4.69) is 12.2 Å². The lowest BCUT2D eigenvalue weighted by Crippen LogP contribution is -2.40. The van der Waals surface area contributed by atoms with E-state index in [9.17, 15) is 14.4 Å². The zero-order valence-electron chi connectivity index (χ0n) is 13.8. The van der Waals surface area contributed by atoms with Crippen molar-refractivity contribution in [1.29, 1.82) is 0 Å². The summed E-state index contributed by atoms with van der Waals surface area (Å²) in [6.45, 7) is 8.60. The van der Waals surface area contributed by atoms with Crippen molar-refractivity contribution in [2.75, 3.05) is 26.2 Å². The second-order valence-electron chi connectivity index (χ2n) is 6.86. The molecule has 22 heavy (non-hydrogen) atoms. The Morgan fingerprint density at radius 1 is 1.36 bits per heavy atom. The first-order chi connectivity index (χ1) is 10.4. The van der Waals surface area contributed by atoms with E-state index in [1.54, 1.807) is 0 Å². The normalized spacial score (nSPS) is 25.5. The average molecular weight is 309 g/mol. The highest BCUT2D eigenvalue weighted by Gasteiger charge is 2.39. The first-order valence-electron chi connectivity index (χ1n) is 8.27. The fraction of sp³-hybridized carbons (Fsp3) is 0.812. The monoisotopic (exact) mass is 309 g/mol. The number of hydrogen-bond donors (Lipinski definition) is 1. The molecule has 0 aromatic heterocycles. The smallest absolute Gasteiger partial charge is 0.317 e. The van der Waals surface area contributed by atoms with E-state index in [0.717, 1.165) is 19.5 Å². The molecular weight excluding hydrogens is 282 g/mol. The van der Waals surface area contributed by atoms with Crippen molar-refractivity contribution in [3.63, 3.8) is 0 Å². The molecule has 124 valence electrons. The summed E-state index contributed by atoms with van der Waals surface area (Å²) in [4.78, 5) is 39.1. The number of urea groups is 1. The van der Waals surface area contributed by atoms with E-state index in [0.29, 0.717) is 31.8 Å². The number of rotatable bonds is 5. The summed E-state index contributed by atoms with van der Waals surface area (Å²) in [5.41, 5.74) is 0. The summed E-state index contributed by atoms with van der Waals surface area (Å²) < 4.78 is 0. The average Bonchev–Trinajstić information content (AvgIpc) is 3.00. The minimum atomic E-state index is -0.173. The van der Waals surface area contributed by atoms with Gasteiger partial charge < -0.3 is 10.2 Å². The minimum absolute atomic E-state index is 0.0384. The van der Waals surface area contributed by atoms with Crippen LogP contribution in [0.1, 0.15) is 40.0 Å². The lowest BCUT2D eigenvalue weighted by molar-refractivity contribution is -0.139. The van der Waals surface area contributed by atoms with Crippen molar-refractivity contribution < 1.29 is 14.4 Å². The molecule has 2 aliphatic rings. The summed E-state index contributed by atoms with van der Waals surface area (Å²) in [5, 5.41) is 2.87. The number of amides is 4. The first kappa shape index (κ1) is 16.8. The van der Waals surface area contributed by atoms with Gasteiger partial charge in [0.2, 0.25) is 11.8 Å². The lowest BCUT2D eigenvalue weighted by Gasteiger charge is -2.18. The van der Waals surface area contributed by atoms with Gasteiger partial charge in [0.25, 0.3) is 0 Å². The van der Waals surface area contributed by atoms with Crippen LogP contribution in [0.25, 0.3) is 0 Å². The van der Waals surface area contributed by atoms with Crippen LogP contribution in [-0.2, 0) is 9.59 Å². The predicted molar refractivity (Wildman–Crippen MR) is 83.0 cm³/mol. The van der Waals surface area contributed by atoms with Crippen molar-refractivity contribution in [2.45, 2.75) is 40.0 Å². The van der Waals surface area contributed by atoms with Crippen molar-refractivity contribution in [3.8, 4) is 0 Å². The highest BCUT2D eigenvalue weighted by Crippen LogP contribution is 2.26. The molecule has 6 heteroatoms. The molecular formula is C16H27N3O3. The van der Waals surface area contributed by atoms with Gasteiger partial charge in [-0.2, -0.15) is 0 Å². The first-order valence-corrected chi connectivity index (χ1v) is 8.27. The molecule has 2 aliphatic heterocycles. The zero-order chi connectivity index (χ0) is 16.3. The maximum absolute atomic E-state index is 12.1. The molecule has 0 bridgehead atoms. The van der Waals surface area contributed by atoms with E-state index in [-0.39, 0.29) is 29.7 Å². The quantitative estimate of drug-likeness (QED) is 0.617. The van der Waals surface area contributed by atoms with Crippen LogP contribution in [0.2, 0.25) is 0 Å². The Labute approximate surface area is 132 Å². The Balaban J connectivity index is 1.69. The minimum Gasteiger partial charge on any atom is -0.338 e. The molecule has 0 aromatic carbocycles. The van der Waals surface area contributed by atoms with E-state index >= 15 is 0 Å². The van der Waals surface area contributed by atoms with Gasteiger partial charge in [-0.05, 0) is 24.7 Å². The van der Waals surface area contributed by atoms with Crippen LogP contribution >= 0.6 is 0 Å². The summed E-state index contributed by atoms with van der Waals surface area (Å²) in [6, 6.07) is -0.0384. The lowest BCUT2D eigenvalue weighted by atomic mass is 9.94. The molecule has 0 aliphatic carbocycles. The predicted octanol–water partition coefficient (Wildman–Crippen LogP) is 1.46. The summed E-state index contributed by atoms with van der Waals surface area (Å²) in [5.74, 6) is 0.452. The molecule has 2 rings (SSSR count). The third kappa shape index (κ3) is 3.78. The summed E-state index contributed by atoms with van der Waals surface area (Å²) in [6.07, 6.45) is 1.99. The fourth-order valence-electron chi connectivity index (χ4n) is 3.13. The zero-order valence-corrected chi connectivity index (χ0v) is 13.8. The Kier molecular flexibility index (Phi) is 5.42. The van der Waals surface area contributed by atoms with Gasteiger partial charge in [-0.1, -0.05) is 20.8 Å². The van der Waals surface area contributed by atoms with Crippen LogP contribution < -0.4 is 5.32 Å². The van der Waals surface area contributed by atoms with Crippen LogP contribution in [0.15, 0.2) is 0 Å². The van der Waals surface area contributed by atoms with Crippen molar-refractivity contribution in [3.05, 3.63) is 0 Å². The van der Waals surface area contributed by atoms with Gasteiger partial charge in [0.05, 0.1) is 0 Å². The van der Waals surface area contributed by atoms with Gasteiger partial charge in [-0.3, -0.25) is 14.5 Å². The fourth-order valence-corrected chi connectivity index (χ4v) is 3.13. The van der Waals surface area contributed by atoms with E-state index in [1.807, 2.05) is 18.7 Å². The molecule has 2 atom stereocenters. The third-order valence-corrected chi connectivity index (χ3v) is 4.63. The highest BCUT2D eigenvalue weighted by molar-refractivity contribution is 6.03. The van der Waals surface area contributed by atoms with Crippen molar-refractivity contribution >= 4 is 17.8 Å². The molecule has 1 N–H and O–H groups in total. The summed E-state index contributed by atoms with van der Waals surface area (Å²) >= 11 is 0. The maximum Gasteiger partial charge on any atom is 0.317 e. The number of carbonyl (C=O) groups excluding carboxylic acids is 3. The van der Waals surface area contributed by atoms with Crippen LogP contribution in [0, 0.1) is 17.8 Å². The Bertz CT molecular complexity index is 450. The molecule has 0 saturated carbocycles. The molecule has 2 saturated heterocycles. The van der Waals surface area contributed by atoms with Gasteiger partial charge in [0, 0.05) is 38.5 Å². The molecule has 6 nitrogen and oxygen atoms in total. The van der Waals surface area contributed by atoms with E-state index in [4.69, 9.17) is 0 Å². The van der Waals surface area contributed by atoms with Gasteiger partial charge in [0.15, 0.2) is 0 Å². The highest BCUT2D eigenvalue weighted by atomic mass is 16.2. The molecule has 0 spiro atoms. The summed E-state index contributed by atoms with van der Waals surface area (Å²) in [7, 11) is 0. The van der Waals surface area contributed by atoms with Gasteiger partial charge >= 0.3 is 6.03 Å². The van der Waals surface area contributed by atoms with Gasteiger partial charge in [0.1, 0.15) is 0 Å².